The quantitative estimate of drug-likeness (QED) is 0.289. The highest BCUT2D eigenvalue weighted by Gasteiger charge is 2.42. The molecule has 4 N–H and O–H groups in total. The van der Waals surface area contributed by atoms with Gasteiger partial charge in [0.25, 0.3) is 10.9 Å². The summed E-state index contributed by atoms with van der Waals surface area (Å²) in [5.74, 6) is -1.69. The molecule has 2 aromatic rings. The SMILES string of the molecule is CNC(=O)N1CC(Nc2c(NC)c(=O)c2=O)CC(N(C(=O)NCc2ccc(OC(F)(F)F)cc2F)C2CC2)C1. The third-order valence-corrected chi connectivity index (χ3v) is 6.69. The molecule has 2 fully saturated rings. The summed E-state index contributed by atoms with van der Waals surface area (Å²) in [5.41, 5.74) is -1.07. The molecule has 4 amide bonds. The maximum absolute atomic E-state index is 14.4. The molecule has 2 unspecified atom stereocenters. The number of benzene rings is 1. The van der Waals surface area contributed by atoms with Crippen molar-refractivity contribution in [3.8, 4) is 5.75 Å². The number of hydrogen-bond acceptors (Lipinski definition) is 7. The van der Waals surface area contributed by atoms with Gasteiger partial charge in [0.1, 0.15) is 22.9 Å². The summed E-state index contributed by atoms with van der Waals surface area (Å²) in [4.78, 5) is 52.7. The molecule has 0 spiro atoms. The van der Waals surface area contributed by atoms with E-state index in [2.05, 4.69) is 26.0 Å². The first-order chi connectivity index (χ1) is 18.4. The number of alkyl halides is 3. The first kappa shape index (κ1) is 28.0. The second-order valence-corrected chi connectivity index (χ2v) is 9.45. The van der Waals surface area contributed by atoms with Gasteiger partial charge in [-0.25, -0.2) is 14.0 Å². The zero-order valence-electron chi connectivity index (χ0n) is 21.2. The van der Waals surface area contributed by atoms with Gasteiger partial charge in [-0.05, 0) is 25.3 Å². The van der Waals surface area contributed by atoms with Crippen LogP contribution in [0, 0.1) is 5.82 Å². The van der Waals surface area contributed by atoms with Crippen LogP contribution in [0.2, 0.25) is 0 Å². The van der Waals surface area contributed by atoms with E-state index in [1.54, 1.807) is 4.90 Å². The highest BCUT2D eigenvalue weighted by Crippen LogP contribution is 2.33. The van der Waals surface area contributed by atoms with Crippen molar-refractivity contribution in [1.29, 1.82) is 0 Å². The number of carbonyl (C=O) groups excluding carboxylic acids is 2. The Balaban J connectivity index is 1.47. The molecule has 0 radical (unpaired) electrons. The molecular weight excluding hydrogens is 528 g/mol. The molecule has 39 heavy (non-hydrogen) atoms. The summed E-state index contributed by atoms with van der Waals surface area (Å²) in [6.07, 6.45) is -3.16. The molecular formula is C24H28F4N6O5. The highest BCUT2D eigenvalue weighted by atomic mass is 19.4. The van der Waals surface area contributed by atoms with E-state index in [4.69, 9.17) is 0 Å². The molecule has 0 aromatic heterocycles. The van der Waals surface area contributed by atoms with Crippen LogP contribution in [0.3, 0.4) is 0 Å². The standard InChI is InChI=1S/C24H28F4N6O5/c1-29-18-19(21(36)20(18)35)32-13-7-15(11-33(10-13)22(37)30-2)34(14-4-5-14)23(38)31-9-12-3-6-16(8-17(12)25)39-24(26,27)28/h3,6,8,13-15,29,32H,4-5,7,9-11H2,1-2H3,(H,30,37)(H,31,38). The minimum absolute atomic E-state index is 0.0384. The van der Waals surface area contributed by atoms with Crippen molar-refractivity contribution < 1.29 is 31.9 Å². The van der Waals surface area contributed by atoms with Gasteiger partial charge in [0, 0.05) is 57.4 Å². The molecule has 4 rings (SSSR count). The van der Waals surface area contributed by atoms with Crippen molar-refractivity contribution in [2.45, 2.75) is 50.3 Å². The van der Waals surface area contributed by atoms with E-state index in [-0.39, 0.29) is 48.6 Å². The first-order valence-corrected chi connectivity index (χ1v) is 12.3. The molecule has 0 bridgehead atoms. The zero-order chi connectivity index (χ0) is 28.5. The molecule has 1 heterocycles. The first-order valence-electron chi connectivity index (χ1n) is 12.3. The summed E-state index contributed by atoms with van der Waals surface area (Å²) in [6.45, 7) is 0.128. The predicted octanol–water partition coefficient (Wildman–Crippen LogP) is 1.93. The fourth-order valence-electron chi connectivity index (χ4n) is 4.79. The number of piperidine rings is 1. The lowest BCUT2D eigenvalue weighted by Crippen LogP contribution is -2.60. The number of carbonyl (C=O) groups is 2. The van der Waals surface area contributed by atoms with Gasteiger partial charge in [-0.1, -0.05) is 6.07 Å². The van der Waals surface area contributed by atoms with Crippen LogP contribution in [0.15, 0.2) is 27.8 Å². The maximum Gasteiger partial charge on any atom is 0.573 e. The number of rotatable bonds is 8. The summed E-state index contributed by atoms with van der Waals surface area (Å²) < 4.78 is 55.3. The molecule has 212 valence electrons. The molecule has 15 heteroatoms. The number of nitrogens with one attached hydrogen (secondary N) is 4. The van der Waals surface area contributed by atoms with E-state index in [1.165, 1.54) is 19.0 Å². The van der Waals surface area contributed by atoms with E-state index >= 15 is 0 Å². The van der Waals surface area contributed by atoms with Gasteiger partial charge in [0.05, 0.1) is 6.04 Å². The monoisotopic (exact) mass is 556 g/mol. The Morgan fingerprint density at radius 2 is 1.77 bits per heavy atom. The Morgan fingerprint density at radius 1 is 1.08 bits per heavy atom. The molecule has 1 aliphatic carbocycles. The number of hydrogen-bond donors (Lipinski definition) is 4. The van der Waals surface area contributed by atoms with Crippen LogP contribution in [0.4, 0.5) is 38.5 Å². The van der Waals surface area contributed by atoms with Crippen LogP contribution in [-0.4, -0.2) is 73.5 Å². The second kappa shape index (κ2) is 11.0. The number of nitrogens with zero attached hydrogens (tertiary/aromatic N) is 2. The smallest absolute Gasteiger partial charge is 0.406 e. The van der Waals surface area contributed by atoms with Gasteiger partial charge in [0.2, 0.25) is 0 Å². The van der Waals surface area contributed by atoms with Crippen molar-refractivity contribution >= 4 is 23.4 Å². The van der Waals surface area contributed by atoms with Crippen LogP contribution >= 0.6 is 0 Å². The van der Waals surface area contributed by atoms with E-state index < -0.39 is 46.9 Å². The fraction of sp³-hybridized carbons (Fsp3) is 0.500. The molecule has 2 aromatic carbocycles. The van der Waals surface area contributed by atoms with Crippen molar-refractivity contribution in [1.82, 2.24) is 20.4 Å². The van der Waals surface area contributed by atoms with Gasteiger partial charge < -0.3 is 35.8 Å². The molecule has 11 nitrogen and oxygen atoms in total. The average Bonchev–Trinajstić information content (AvgIpc) is 3.71. The number of halogens is 4. The fourth-order valence-corrected chi connectivity index (χ4v) is 4.79. The average molecular weight is 557 g/mol. The van der Waals surface area contributed by atoms with E-state index in [1.807, 2.05) is 0 Å². The second-order valence-electron chi connectivity index (χ2n) is 9.45. The van der Waals surface area contributed by atoms with Gasteiger partial charge in [0.15, 0.2) is 0 Å². The predicted molar refractivity (Wildman–Crippen MR) is 133 cm³/mol. The Morgan fingerprint density at radius 3 is 2.36 bits per heavy atom. The zero-order valence-corrected chi connectivity index (χ0v) is 21.2. The van der Waals surface area contributed by atoms with Gasteiger partial charge in [-0.15, -0.1) is 13.2 Å². The molecule has 1 saturated heterocycles. The van der Waals surface area contributed by atoms with Gasteiger partial charge in [-0.2, -0.15) is 0 Å². The lowest BCUT2D eigenvalue weighted by Gasteiger charge is -2.43. The van der Waals surface area contributed by atoms with Crippen molar-refractivity contribution in [2.24, 2.45) is 0 Å². The van der Waals surface area contributed by atoms with Crippen molar-refractivity contribution in [3.05, 3.63) is 50.0 Å². The summed E-state index contributed by atoms with van der Waals surface area (Å²) in [5, 5.41) is 10.9. The Bertz CT molecular complexity index is 1310. The number of likely N-dealkylation sites (tertiary alicyclic amines) is 1. The van der Waals surface area contributed by atoms with Gasteiger partial charge >= 0.3 is 18.4 Å². The highest BCUT2D eigenvalue weighted by molar-refractivity contribution is 5.77. The molecule has 2 atom stereocenters. The molecule has 2 aliphatic rings. The summed E-state index contributed by atoms with van der Waals surface area (Å²) in [6, 6.07) is 0.678. The van der Waals surface area contributed by atoms with E-state index in [9.17, 15) is 36.7 Å². The van der Waals surface area contributed by atoms with E-state index in [0.29, 0.717) is 12.5 Å². The minimum atomic E-state index is -4.96. The van der Waals surface area contributed by atoms with Crippen LogP contribution in [0.25, 0.3) is 0 Å². The number of urea groups is 2. The van der Waals surface area contributed by atoms with Crippen LogP contribution < -0.4 is 36.9 Å². The molecule has 1 aliphatic heterocycles. The third kappa shape index (κ3) is 6.34. The Kier molecular flexibility index (Phi) is 7.88. The van der Waals surface area contributed by atoms with E-state index in [0.717, 1.165) is 25.0 Å². The Labute approximate surface area is 220 Å². The van der Waals surface area contributed by atoms with Gasteiger partial charge in [-0.3, -0.25) is 9.59 Å². The normalized spacial score (nSPS) is 19.4. The lowest BCUT2D eigenvalue weighted by molar-refractivity contribution is -0.274. The number of anilines is 2. The minimum Gasteiger partial charge on any atom is -0.406 e. The largest absolute Gasteiger partial charge is 0.573 e. The number of ether oxygens (including phenoxy) is 1. The van der Waals surface area contributed by atoms with Crippen LogP contribution in [0.5, 0.6) is 5.75 Å². The van der Waals surface area contributed by atoms with Crippen LogP contribution in [0.1, 0.15) is 24.8 Å². The maximum atomic E-state index is 14.4. The third-order valence-electron chi connectivity index (χ3n) is 6.69. The molecule has 1 saturated carbocycles. The topological polar surface area (TPSA) is 132 Å². The summed E-state index contributed by atoms with van der Waals surface area (Å²) in [7, 11) is 2.98. The number of amides is 4. The van der Waals surface area contributed by atoms with Crippen molar-refractivity contribution in [3.63, 3.8) is 0 Å². The summed E-state index contributed by atoms with van der Waals surface area (Å²) >= 11 is 0. The van der Waals surface area contributed by atoms with Crippen molar-refractivity contribution in [2.75, 3.05) is 37.8 Å². The lowest BCUT2D eigenvalue weighted by atomic mass is 9.98. The Hall–Kier alpha value is -4.04. The van der Waals surface area contributed by atoms with Crippen LogP contribution in [-0.2, 0) is 6.54 Å².